The van der Waals surface area contributed by atoms with Gasteiger partial charge in [-0.3, -0.25) is 0 Å². The Morgan fingerprint density at radius 1 is 1.11 bits per heavy atom. The van der Waals surface area contributed by atoms with Gasteiger partial charge in [0.2, 0.25) is 0 Å². The first-order valence-corrected chi connectivity index (χ1v) is 6.11. The van der Waals surface area contributed by atoms with E-state index in [0.29, 0.717) is 10.3 Å². The maximum absolute atomic E-state index is 13.7. The predicted octanol–water partition coefficient (Wildman–Crippen LogP) is 4.48. The first-order valence-electron chi connectivity index (χ1n) is 5.32. The van der Waals surface area contributed by atoms with Crippen LogP contribution in [0, 0.1) is 25.5 Å². The van der Waals surface area contributed by atoms with Crippen LogP contribution in [-0.2, 0) is 0 Å². The zero-order valence-corrected chi connectivity index (χ0v) is 11.5. The largest absolute Gasteiger partial charge is 0.337 e. The van der Waals surface area contributed by atoms with Gasteiger partial charge in [0.05, 0.1) is 10.2 Å². The molecule has 18 heavy (non-hydrogen) atoms. The maximum atomic E-state index is 13.7. The second kappa shape index (κ2) is 5.02. The van der Waals surface area contributed by atoms with Gasteiger partial charge in [-0.25, -0.2) is 13.8 Å². The summed E-state index contributed by atoms with van der Waals surface area (Å²) in [6, 6.07) is 4.12. The number of halogens is 3. The van der Waals surface area contributed by atoms with Crippen LogP contribution < -0.4 is 5.32 Å². The van der Waals surface area contributed by atoms with Gasteiger partial charge in [-0.15, -0.1) is 0 Å². The van der Waals surface area contributed by atoms with Crippen molar-refractivity contribution in [3.63, 3.8) is 0 Å². The molecule has 0 fully saturated rings. The molecule has 0 aliphatic heterocycles. The number of hydrogen-bond donors (Lipinski definition) is 1. The maximum Gasteiger partial charge on any atom is 0.147 e. The van der Waals surface area contributed by atoms with Gasteiger partial charge in [-0.1, -0.05) is 0 Å². The zero-order valence-electron chi connectivity index (χ0n) is 9.89. The molecular weight excluding hydrogens is 302 g/mol. The van der Waals surface area contributed by atoms with Crippen molar-refractivity contribution in [2.45, 2.75) is 13.8 Å². The van der Waals surface area contributed by atoms with Gasteiger partial charge in [-0.2, -0.15) is 0 Å². The Kier molecular flexibility index (Phi) is 3.61. The summed E-state index contributed by atoms with van der Waals surface area (Å²) in [5.74, 6) is -0.520. The molecule has 0 radical (unpaired) electrons. The van der Waals surface area contributed by atoms with E-state index in [2.05, 4.69) is 26.2 Å². The summed E-state index contributed by atoms with van der Waals surface area (Å²) in [5, 5.41) is 2.76. The topological polar surface area (TPSA) is 24.9 Å². The van der Waals surface area contributed by atoms with Crippen molar-refractivity contribution >= 4 is 27.4 Å². The van der Waals surface area contributed by atoms with Gasteiger partial charge in [0.15, 0.2) is 0 Å². The van der Waals surface area contributed by atoms with E-state index in [4.69, 9.17) is 0 Å². The minimum absolute atomic E-state index is 0.0650. The molecule has 94 valence electrons. The number of aromatic nitrogens is 1. The minimum atomic E-state index is -0.511. The van der Waals surface area contributed by atoms with E-state index in [1.807, 2.05) is 13.0 Å². The molecule has 0 atom stereocenters. The molecule has 0 saturated heterocycles. The summed E-state index contributed by atoms with van der Waals surface area (Å²) in [5.41, 5.74) is 1.31. The van der Waals surface area contributed by atoms with Crippen molar-refractivity contribution in [2.24, 2.45) is 0 Å². The van der Waals surface area contributed by atoms with Crippen molar-refractivity contribution < 1.29 is 8.78 Å². The van der Waals surface area contributed by atoms with Gasteiger partial charge in [-0.05, 0) is 53.0 Å². The molecule has 2 aromatic rings. The third kappa shape index (κ3) is 2.67. The van der Waals surface area contributed by atoms with E-state index >= 15 is 0 Å². The Hall–Kier alpha value is -1.49. The number of hydrogen-bond acceptors (Lipinski definition) is 2. The van der Waals surface area contributed by atoms with Gasteiger partial charge < -0.3 is 5.32 Å². The van der Waals surface area contributed by atoms with Crippen LogP contribution in [0.3, 0.4) is 0 Å². The van der Waals surface area contributed by atoms with Gasteiger partial charge in [0.1, 0.15) is 17.5 Å². The second-order valence-corrected chi connectivity index (χ2v) is 4.90. The summed E-state index contributed by atoms with van der Waals surface area (Å²) >= 11 is 3.32. The quantitative estimate of drug-likeness (QED) is 0.884. The Morgan fingerprint density at radius 2 is 1.83 bits per heavy atom. The lowest BCUT2D eigenvalue weighted by atomic mass is 10.2. The van der Waals surface area contributed by atoms with E-state index in [1.165, 1.54) is 6.92 Å². The molecule has 2 nitrogen and oxygen atoms in total. The highest BCUT2D eigenvalue weighted by Gasteiger charge is 2.09. The van der Waals surface area contributed by atoms with Crippen LogP contribution in [0.5, 0.6) is 0 Å². The zero-order chi connectivity index (χ0) is 13.3. The highest BCUT2D eigenvalue weighted by Crippen LogP contribution is 2.27. The smallest absolute Gasteiger partial charge is 0.147 e. The van der Waals surface area contributed by atoms with E-state index in [0.717, 1.165) is 17.7 Å². The summed E-state index contributed by atoms with van der Waals surface area (Å²) in [6.07, 6.45) is 1.65. The predicted molar refractivity (Wildman–Crippen MR) is 71.1 cm³/mol. The molecule has 1 N–H and O–H groups in total. The Balaban J connectivity index is 2.37. The molecule has 0 bridgehead atoms. The van der Waals surface area contributed by atoms with Crippen LogP contribution in [0.2, 0.25) is 0 Å². The second-order valence-electron chi connectivity index (χ2n) is 4.05. The summed E-state index contributed by atoms with van der Waals surface area (Å²) in [7, 11) is 0. The summed E-state index contributed by atoms with van der Waals surface area (Å²) in [6.45, 7) is 3.41. The molecule has 0 unspecified atom stereocenters. The molecular formula is C13H11BrF2N2. The molecule has 0 spiro atoms. The van der Waals surface area contributed by atoms with Gasteiger partial charge >= 0.3 is 0 Å². The average molecular weight is 313 g/mol. The molecule has 0 saturated carbocycles. The first kappa shape index (κ1) is 13.0. The number of anilines is 2. The van der Waals surface area contributed by atoms with Crippen molar-refractivity contribution in [3.05, 3.63) is 51.6 Å². The van der Waals surface area contributed by atoms with Crippen LogP contribution in [0.25, 0.3) is 0 Å². The fourth-order valence-corrected chi connectivity index (χ4v) is 2.06. The standard InChI is InChI=1S/C13H11BrF2N2/c1-7-3-9(14)13(17-6-7)18-12-5-10(15)8(2)4-11(12)16/h3-6H,1-2H3,(H,17,18). The number of pyridine rings is 1. The fourth-order valence-electron chi connectivity index (χ4n) is 1.50. The Bertz CT molecular complexity index is 600. The number of rotatable bonds is 2. The van der Waals surface area contributed by atoms with Crippen LogP contribution in [-0.4, -0.2) is 4.98 Å². The molecule has 2 rings (SSSR count). The number of benzene rings is 1. The van der Waals surface area contributed by atoms with Crippen molar-refractivity contribution in [2.75, 3.05) is 5.32 Å². The van der Waals surface area contributed by atoms with E-state index in [1.54, 1.807) is 6.20 Å². The average Bonchev–Trinajstić information content (AvgIpc) is 2.29. The highest BCUT2D eigenvalue weighted by atomic mass is 79.9. The molecule has 1 heterocycles. The first-order chi connectivity index (χ1) is 8.47. The van der Waals surface area contributed by atoms with Crippen LogP contribution >= 0.6 is 15.9 Å². The van der Waals surface area contributed by atoms with Crippen LogP contribution in [0.1, 0.15) is 11.1 Å². The van der Waals surface area contributed by atoms with Crippen LogP contribution in [0.15, 0.2) is 28.9 Å². The Morgan fingerprint density at radius 3 is 2.50 bits per heavy atom. The number of nitrogens with one attached hydrogen (secondary N) is 1. The molecule has 1 aromatic carbocycles. The van der Waals surface area contributed by atoms with Gasteiger partial charge in [0.25, 0.3) is 0 Å². The number of aryl methyl sites for hydroxylation is 2. The minimum Gasteiger partial charge on any atom is -0.337 e. The van der Waals surface area contributed by atoms with E-state index in [9.17, 15) is 8.78 Å². The van der Waals surface area contributed by atoms with E-state index in [-0.39, 0.29) is 11.3 Å². The number of nitrogens with zero attached hydrogens (tertiary/aromatic N) is 1. The molecule has 0 aliphatic rings. The van der Waals surface area contributed by atoms with Crippen LogP contribution in [0.4, 0.5) is 20.3 Å². The van der Waals surface area contributed by atoms with Gasteiger partial charge in [0, 0.05) is 12.3 Å². The lowest BCUT2D eigenvalue weighted by Gasteiger charge is -2.10. The van der Waals surface area contributed by atoms with E-state index < -0.39 is 11.6 Å². The van der Waals surface area contributed by atoms with Crippen molar-refractivity contribution in [1.29, 1.82) is 0 Å². The summed E-state index contributed by atoms with van der Waals surface area (Å²) in [4.78, 5) is 4.12. The summed E-state index contributed by atoms with van der Waals surface area (Å²) < 4.78 is 27.7. The monoisotopic (exact) mass is 312 g/mol. The normalized spacial score (nSPS) is 10.5. The third-order valence-corrected chi connectivity index (χ3v) is 3.08. The van der Waals surface area contributed by atoms with Crippen molar-refractivity contribution in [3.8, 4) is 0 Å². The third-order valence-electron chi connectivity index (χ3n) is 2.48. The lowest BCUT2D eigenvalue weighted by molar-refractivity contribution is 0.595. The van der Waals surface area contributed by atoms with Crippen molar-refractivity contribution in [1.82, 2.24) is 4.98 Å². The fraction of sp³-hybridized carbons (Fsp3) is 0.154. The Labute approximate surface area is 112 Å². The molecule has 5 heteroatoms. The molecule has 0 aliphatic carbocycles. The SMILES string of the molecule is Cc1cnc(Nc2cc(F)c(C)cc2F)c(Br)c1. The highest BCUT2D eigenvalue weighted by molar-refractivity contribution is 9.10. The molecule has 0 amide bonds. The molecule has 1 aromatic heterocycles. The lowest BCUT2D eigenvalue weighted by Crippen LogP contribution is -1.99.